The van der Waals surface area contributed by atoms with E-state index >= 15 is 0 Å². The summed E-state index contributed by atoms with van der Waals surface area (Å²) in [7, 11) is 0. The maximum Gasteiger partial charge on any atom is 0.327 e. The van der Waals surface area contributed by atoms with Crippen LogP contribution in [-0.4, -0.2) is 73.0 Å². The van der Waals surface area contributed by atoms with Gasteiger partial charge in [-0.25, -0.2) is 33.8 Å². The number of aliphatic imine (C=N–C) groups is 1. The van der Waals surface area contributed by atoms with Crippen LogP contribution in [0.5, 0.6) is 0 Å². The third kappa shape index (κ3) is 7.79. The summed E-state index contributed by atoms with van der Waals surface area (Å²) in [5, 5.41) is 9.36. The summed E-state index contributed by atoms with van der Waals surface area (Å²) < 4.78 is 0. The van der Waals surface area contributed by atoms with E-state index in [4.69, 9.17) is 0 Å². The molecule has 0 aliphatic carbocycles. The SMILES string of the molecule is CCNC(=O)N(CC)C(=O)NCNC(=O)N(CC)C(=O)NCN=C=O. The standard InChI is InChI=1S/C13H23N7O5/c1-4-15-10(22)19(5-2)12(24)17-8-18-13(25)20(6-3)11(23)16-7-14-9-21/h4-8H2,1-3H3,(H,15,22)(H,16,23)(H,17,24)(H,18,25). The van der Waals surface area contributed by atoms with Crippen LogP contribution in [0.4, 0.5) is 19.2 Å². The second kappa shape index (κ2) is 12.3. The number of urea groups is 4. The van der Waals surface area contributed by atoms with E-state index in [9.17, 15) is 24.0 Å². The number of nitrogens with zero attached hydrogens (tertiary/aromatic N) is 3. The number of hydrogen-bond donors (Lipinski definition) is 4. The Morgan fingerprint density at radius 1 is 0.800 bits per heavy atom. The van der Waals surface area contributed by atoms with Gasteiger partial charge in [-0.05, 0) is 20.8 Å². The molecule has 140 valence electrons. The Labute approximate surface area is 145 Å². The maximum absolute atomic E-state index is 11.9. The molecule has 0 spiro atoms. The van der Waals surface area contributed by atoms with Crippen LogP contribution in [0, 0.1) is 0 Å². The average molecular weight is 357 g/mol. The Hall–Kier alpha value is -3.14. The number of imide groups is 2. The van der Waals surface area contributed by atoms with Crippen LogP contribution in [0.25, 0.3) is 0 Å². The van der Waals surface area contributed by atoms with Gasteiger partial charge in [-0.15, -0.1) is 0 Å². The van der Waals surface area contributed by atoms with Crippen molar-refractivity contribution in [3.8, 4) is 0 Å². The van der Waals surface area contributed by atoms with E-state index in [-0.39, 0.29) is 26.4 Å². The highest BCUT2D eigenvalue weighted by Crippen LogP contribution is 1.92. The van der Waals surface area contributed by atoms with Crippen molar-refractivity contribution in [2.24, 2.45) is 4.99 Å². The number of nitrogens with one attached hydrogen (secondary N) is 4. The van der Waals surface area contributed by atoms with E-state index in [1.54, 1.807) is 20.8 Å². The van der Waals surface area contributed by atoms with Crippen LogP contribution in [0.1, 0.15) is 20.8 Å². The molecule has 8 amide bonds. The van der Waals surface area contributed by atoms with Crippen molar-refractivity contribution in [2.75, 3.05) is 33.0 Å². The van der Waals surface area contributed by atoms with Crippen LogP contribution < -0.4 is 21.3 Å². The first-order chi connectivity index (χ1) is 11.9. The molecule has 4 N–H and O–H groups in total. The fourth-order valence-electron chi connectivity index (χ4n) is 1.63. The van der Waals surface area contributed by atoms with Gasteiger partial charge in [0.05, 0.1) is 6.67 Å². The number of hydrogen-bond acceptors (Lipinski definition) is 6. The van der Waals surface area contributed by atoms with Crippen LogP contribution in [0.15, 0.2) is 4.99 Å². The van der Waals surface area contributed by atoms with Crippen LogP contribution in [-0.2, 0) is 4.79 Å². The zero-order valence-corrected chi connectivity index (χ0v) is 14.4. The highest BCUT2D eigenvalue weighted by molar-refractivity contribution is 5.95. The number of amides is 8. The van der Waals surface area contributed by atoms with E-state index in [0.717, 1.165) is 9.80 Å². The minimum absolute atomic E-state index is 0.0520. The first kappa shape index (κ1) is 21.9. The lowest BCUT2D eigenvalue weighted by Gasteiger charge is -2.22. The molecule has 0 aromatic rings. The second-order valence-electron chi connectivity index (χ2n) is 4.35. The minimum Gasteiger partial charge on any atom is -0.338 e. The van der Waals surface area contributed by atoms with Gasteiger partial charge < -0.3 is 21.3 Å². The first-order valence-electron chi connectivity index (χ1n) is 7.62. The van der Waals surface area contributed by atoms with Crippen molar-refractivity contribution >= 4 is 30.2 Å². The summed E-state index contributed by atoms with van der Waals surface area (Å²) in [5.41, 5.74) is 0. The summed E-state index contributed by atoms with van der Waals surface area (Å²) in [6.45, 7) is 4.88. The molecule has 0 unspecified atom stereocenters. The lowest BCUT2D eigenvalue weighted by Crippen LogP contribution is -2.53. The quantitative estimate of drug-likeness (QED) is 0.281. The van der Waals surface area contributed by atoms with E-state index < -0.39 is 24.1 Å². The lowest BCUT2D eigenvalue weighted by atomic mass is 10.5. The van der Waals surface area contributed by atoms with Gasteiger partial charge in [0.15, 0.2) is 0 Å². The predicted molar refractivity (Wildman–Crippen MR) is 87.3 cm³/mol. The normalized spacial score (nSPS) is 9.24. The van der Waals surface area contributed by atoms with E-state index in [1.807, 2.05) is 0 Å². The number of isocyanates is 1. The molecule has 0 fully saturated rings. The van der Waals surface area contributed by atoms with Gasteiger partial charge in [-0.2, -0.15) is 4.99 Å². The van der Waals surface area contributed by atoms with Crippen molar-refractivity contribution in [2.45, 2.75) is 20.8 Å². The average Bonchev–Trinajstić information content (AvgIpc) is 2.56. The predicted octanol–water partition coefficient (Wildman–Crippen LogP) is -0.261. The molecule has 0 saturated heterocycles. The molecule has 0 aliphatic heterocycles. The molecular weight excluding hydrogens is 334 g/mol. The van der Waals surface area contributed by atoms with Gasteiger partial charge in [0, 0.05) is 19.6 Å². The molecule has 0 atom stereocenters. The summed E-state index contributed by atoms with van der Waals surface area (Å²) in [6.07, 6.45) is 1.25. The largest absolute Gasteiger partial charge is 0.338 e. The summed E-state index contributed by atoms with van der Waals surface area (Å²) in [6, 6.07) is -2.78. The third-order valence-corrected chi connectivity index (χ3v) is 2.79. The lowest BCUT2D eigenvalue weighted by molar-refractivity contribution is 0.184. The first-order valence-corrected chi connectivity index (χ1v) is 7.62. The zero-order chi connectivity index (χ0) is 19.2. The Kier molecular flexibility index (Phi) is 10.8. The molecule has 0 bridgehead atoms. The Balaban J connectivity index is 4.46. The third-order valence-electron chi connectivity index (χ3n) is 2.79. The molecule has 25 heavy (non-hydrogen) atoms. The minimum atomic E-state index is -0.767. The molecule has 0 radical (unpaired) electrons. The van der Waals surface area contributed by atoms with Gasteiger partial charge in [0.2, 0.25) is 6.08 Å². The Morgan fingerprint density at radius 2 is 1.24 bits per heavy atom. The molecule has 0 saturated carbocycles. The van der Waals surface area contributed by atoms with Crippen LogP contribution in [0.2, 0.25) is 0 Å². The van der Waals surface area contributed by atoms with Gasteiger partial charge in [0.1, 0.15) is 6.67 Å². The molecule has 12 nitrogen and oxygen atoms in total. The van der Waals surface area contributed by atoms with Crippen molar-refractivity contribution in [1.29, 1.82) is 0 Å². The maximum atomic E-state index is 11.9. The van der Waals surface area contributed by atoms with Gasteiger partial charge >= 0.3 is 24.1 Å². The molecule has 0 heterocycles. The molecule has 0 aromatic heterocycles. The van der Waals surface area contributed by atoms with E-state index in [0.29, 0.717) is 6.54 Å². The number of carbonyl (C=O) groups is 4. The zero-order valence-electron chi connectivity index (χ0n) is 14.4. The number of rotatable bonds is 7. The number of carbonyl (C=O) groups excluding carboxylic acids is 5. The topological polar surface area (TPSA) is 152 Å². The second-order valence-corrected chi connectivity index (χ2v) is 4.35. The Morgan fingerprint density at radius 3 is 1.64 bits per heavy atom. The van der Waals surface area contributed by atoms with E-state index in [1.165, 1.54) is 6.08 Å². The molecule has 12 heteroatoms. The van der Waals surface area contributed by atoms with Crippen LogP contribution in [0.3, 0.4) is 0 Å². The fraction of sp³-hybridized carbons (Fsp3) is 0.615. The highest BCUT2D eigenvalue weighted by atomic mass is 16.2. The molecular formula is C13H23N7O5. The summed E-state index contributed by atoms with van der Waals surface area (Å²) >= 11 is 0. The van der Waals surface area contributed by atoms with Gasteiger partial charge in [-0.1, -0.05) is 0 Å². The van der Waals surface area contributed by atoms with E-state index in [2.05, 4.69) is 26.3 Å². The molecule has 0 aliphatic rings. The van der Waals surface area contributed by atoms with Crippen molar-refractivity contribution < 1.29 is 24.0 Å². The van der Waals surface area contributed by atoms with Crippen LogP contribution >= 0.6 is 0 Å². The monoisotopic (exact) mass is 357 g/mol. The molecule has 0 rings (SSSR count). The molecule has 0 aromatic carbocycles. The fourth-order valence-corrected chi connectivity index (χ4v) is 1.63. The summed E-state index contributed by atoms with van der Waals surface area (Å²) in [4.78, 5) is 62.0. The summed E-state index contributed by atoms with van der Waals surface area (Å²) in [5.74, 6) is 0. The highest BCUT2D eigenvalue weighted by Gasteiger charge is 2.21. The van der Waals surface area contributed by atoms with Crippen molar-refractivity contribution in [1.82, 2.24) is 31.1 Å². The van der Waals surface area contributed by atoms with Gasteiger partial charge in [0.25, 0.3) is 0 Å². The Bertz CT molecular complexity index is 533. The van der Waals surface area contributed by atoms with Crippen molar-refractivity contribution in [3.05, 3.63) is 0 Å². The van der Waals surface area contributed by atoms with Gasteiger partial charge in [-0.3, -0.25) is 0 Å². The van der Waals surface area contributed by atoms with Crippen molar-refractivity contribution in [3.63, 3.8) is 0 Å². The smallest absolute Gasteiger partial charge is 0.327 e.